The van der Waals surface area contributed by atoms with Gasteiger partial charge in [0.2, 0.25) is 0 Å². The summed E-state index contributed by atoms with van der Waals surface area (Å²) in [5.74, 6) is -2.60. The van der Waals surface area contributed by atoms with E-state index in [0.29, 0.717) is 6.42 Å². The molecule has 96 valence electrons. The highest BCUT2D eigenvalue weighted by Gasteiger charge is 2.31. The molecule has 1 N–H and O–H groups in total. The van der Waals surface area contributed by atoms with E-state index in [1.54, 1.807) is 6.92 Å². The number of rotatable bonds is 7. The number of hydrogen-bond acceptors (Lipinski definition) is 5. The molecule has 0 heterocycles. The molecule has 6 nitrogen and oxygen atoms in total. The quantitative estimate of drug-likeness (QED) is 0.682. The van der Waals surface area contributed by atoms with Gasteiger partial charge in [-0.15, -0.1) is 0 Å². The minimum atomic E-state index is -3.90. The maximum atomic E-state index is 11.6. The van der Waals surface area contributed by atoms with Crippen molar-refractivity contribution >= 4 is 25.6 Å². The molecule has 0 radical (unpaired) electrons. The fraction of sp³-hybridized carbons (Fsp3) is 0.875. The van der Waals surface area contributed by atoms with E-state index in [1.165, 1.54) is 0 Å². The highest BCUT2D eigenvalue weighted by atomic mass is 32.2. The van der Waals surface area contributed by atoms with Crippen LogP contribution in [0.5, 0.6) is 0 Å². The van der Waals surface area contributed by atoms with E-state index in [1.807, 2.05) is 0 Å². The molecule has 8 heteroatoms. The fourth-order valence-corrected chi connectivity index (χ4v) is 4.46. The molecular formula is C8H16O6S2. The Labute approximate surface area is 95.5 Å². The zero-order valence-corrected chi connectivity index (χ0v) is 10.8. The summed E-state index contributed by atoms with van der Waals surface area (Å²) in [6.45, 7) is 1.67. The summed E-state index contributed by atoms with van der Waals surface area (Å²) < 4.78 is 44.8. The molecule has 0 aromatic carbocycles. The van der Waals surface area contributed by atoms with Crippen molar-refractivity contribution in [1.82, 2.24) is 0 Å². The van der Waals surface area contributed by atoms with Crippen molar-refractivity contribution in [3.8, 4) is 0 Å². The van der Waals surface area contributed by atoms with Gasteiger partial charge >= 0.3 is 5.97 Å². The van der Waals surface area contributed by atoms with Gasteiger partial charge in [-0.2, -0.15) is 0 Å². The number of aliphatic carboxylic acids is 1. The van der Waals surface area contributed by atoms with Gasteiger partial charge < -0.3 is 5.11 Å². The lowest BCUT2D eigenvalue weighted by Gasteiger charge is -2.11. The van der Waals surface area contributed by atoms with E-state index < -0.39 is 42.4 Å². The van der Waals surface area contributed by atoms with Crippen molar-refractivity contribution in [1.29, 1.82) is 0 Å². The van der Waals surface area contributed by atoms with Gasteiger partial charge in [0.25, 0.3) is 0 Å². The number of hydrogen-bond donors (Lipinski definition) is 1. The van der Waals surface area contributed by atoms with Crippen LogP contribution in [-0.4, -0.2) is 50.9 Å². The summed E-state index contributed by atoms with van der Waals surface area (Å²) >= 11 is 0. The van der Waals surface area contributed by atoms with Gasteiger partial charge in [-0.25, -0.2) is 16.8 Å². The van der Waals surface area contributed by atoms with Crippen molar-refractivity contribution in [2.75, 3.05) is 17.8 Å². The first-order valence-electron chi connectivity index (χ1n) is 4.72. The van der Waals surface area contributed by atoms with Gasteiger partial charge in [-0.05, 0) is 6.42 Å². The van der Waals surface area contributed by atoms with E-state index in [0.717, 1.165) is 6.26 Å². The first-order valence-corrected chi connectivity index (χ1v) is 8.50. The lowest BCUT2D eigenvalue weighted by atomic mass is 10.2. The third-order valence-electron chi connectivity index (χ3n) is 2.00. The molecule has 0 spiro atoms. The minimum Gasteiger partial charge on any atom is -0.480 e. The average molecular weight is 272 g/mol. The molecule has 0 saturated heterocycles. The first kappa shape index (κ1) is 15.4. The summed E-state index contributed by atoms with van der Waals surface area (Å²) in [7, 11) is -7.30. The molecule has 0 aliphatic heterocycles. The van der Waals surface area contributed by atoms with E-state index in [2.05, 4.69) is 0 Å². The van der Waals surface area contributed by atoms with Crippen molar-refractivity contribution in [2.45, 2.75) is 25.0 Å². The molecule has 0 bridgehead atoms. The predicted octanol–water partition coefficient (Wildman–Crippen LogP) is -0.301. The van der Waals surface area contributed by atoms with Crippen LogP contribution < -0.4 is 0 Å². The van der Waals surface area contributed by atoms with Crippen LogP contribution in [0.4, 0.5) is 0 Å². The summed E-state index contributed by atoms with van der Waals surface area (Å²) in [5, 5.41) is 7.24. The van der Waals surface area contributed by atoms with Crippen LogP contribution in [0.25, 0.3) is 0 Å². The molecule has 0 aliphatic rings. The Morgan fingerprint density at radius 3 is 2.00 bits per heavy atom. The second-order valence-electron chi connectivity index (χ2n) is 3.61. The Balaban J connectivity index is 4.81. The van der Waals surface area contributed by atoms with E-state index >= 15 is 0 Å². The Hall–Kier alpha value is -0.630. The summed E-state index contributed by atoms with van der Waals surface area (Å²) in [4.78, 5) is 10.7. The van der Waals surface area contributed by atoms with E-state index in [4.69, 9.17) is 5.11 Å². The average Bonchev–Trinajstić information content (AvgIpc) is 2.09. The summed E-state index contributed by atoms with van der Waals surface area (Å²) in [5.41, 5.74) is 0. The molecule has 0 fully saturated rings. The standard InChI is InChI=1S/C8H16O6S2/c1-3-4-7(8(9)10)16(13,14)6-5-15(2,11)12/h7H,3-6H2,1-2H3,(H,9,10). The Kier molecular flexibility index (Phi) is 5.40. The fourth-order valence-electron chi connectivity index (χ4n) is 1.13. The maximum absolute atomic E-state index is 11.6. The molecule has 0 aromatic heterocycles. The summed E-state index contributed by atoms with van der Waals surface area (Å²) in [6.07, 6.45) is 1.33. The second-order valence-corrected chi connectivity index (χ2v) is 8.18. The smallest absolute Gasteiger partial charge is 0.321 e. The number of carbonyl (C=O) groups is 1. The van der Waals surface area contributed by atoms with Crippen LogP contribution in [0.1, 0.15) is 19.8 Å². The molecule has 0 aromatic rings. The van der Waals surface area contributed by atoms with Crippen molar-refractivity contribution in [2.24, 2.45) is 0 Å². The van der Waals surface area contributed by atoms with E-state index in [-0.39, 0.29) is 6.42 Å². The Morgan fingerprint density at radius 2 is 1.69 bits per heavy atom. The van der Waals surface area contributed by atoms with Gasteiger partial charge in [-0.3, -0.25) is 4.79 Å². The van der Waals surface area contributed by atoms with E-state index in [9.17, 15) is 21.6 Å². The normalized spacial score (nSPS) is 14.6. The predicted molar refractivity (Wildman–Crippen MR) is 59.8 cm³/mol. The highest BCUT2D eigenvalue weighted by molar-refractivity contribution is 7.95. The van der Waals surface area contributed by atoms with Crippen LogP contribution in [0.3, 0.4) is 0 Å². The minimum absolute atomic E-state index is 0.00142. The van der Waals surface area contributed by atoms with Crippen LogP contribution in [0, 0.1) is 0 Å². The zero-order chi connectivity index (χ0) is 13.0. The van der Waals surface area contributed by atoms with Crippen LogP contribution in [-0.2, 0) is 24.5 Å². The van der Waals surface area contributed by atoms with Crippen molar-refractivity contribution in [3.63, 3.8) is 0 Å². The van der Waals surface area contributed by atoms with Crippen molar-refractivity contribution < 1.29 is 26.7 Å². The number of carboxylic acids is 1. The lowest BCUT2D eigenvalue weighted by molar-refractivity contribution is -0.136. The number of sulfone groups is 2. The molecule has 0 saturated carbocycles. The maximum Gasteiger partial charge on any atom is 0.321 e. The molecule has 16 heavy (non-hydrogen) atoms. The second kappa shape index (κ2) is 5.62. The van der Waals surface area contributed by atoms with Gasteiger partial charge in [-0.1, -0.05) is 13.3 Å². The molecule has 0 amide bonds. The Bertz CT molecular complexity index is 433. The zero-order valence-electron chi connectivity index (χ0n) is 9.21. The third kappa shape index (κ3) is 5.45. The molecular weight excluding hydrogens is 256 g/mol. The SMILES string of the molecule is CCCC(C(=O)O)S(=O)(=O)CCS(C)(=O)=O. The largest absolute Gasteiger partial charge is 0.480 e. The highest BCUT2D eigenvalue weighted by Crippen LogP contribution is 2.10. The van der Waals surface area contributed by atoms with Crippen LogP contribution in [0.15, 0.2) is 0 Å². The van der Waals surface area contributed by atoms with Gasteiger partial charge in [0.05, 0.1) is 11.5 Å². The molecule has 0 rings (SSSR count). The molecule has 0 aliphatic carbocycles. The topological polar surface area (TPSA) is 106 Å². The van der Waals surface area contributed by atoms with Gasteiger partial charge in [0.15, 0.2) is 15.1 Å². The Morgan fingerprint density at radius 1 is 1.19 bits per heavy atom. The third-order valence-corrected chi connectivity index (χ3v) is 5.28. The lowest BCUT2D eigenvalue weighted by Crippen LogP contribution is -2.34. The first-order chi connectivity index (χ1) is 7.10. The number of carboxylic acid groups (broad SMARTS) is 1. The van der Waals surface area contributed by atoms with Gasteiger partial charge in [0, 0.05) is 6.26 Å². The monoisotopic (exact) mass is 272 g/mol. The van der Waals surface area contributed by atoms with Crippen molar-refractivity contribution in [3.05, 3.63) is 0 Å². The van der Waals surface area contributed by atoms with Crippen LogP contribution in [0.2, 0.25) is 0 Å². The van der Waals surface area contributed by atoms with Gasteiger partial charge in [0.1, 0.15) is 9.84 Å². The molecule has 1 unspecified atom stereocenters. The summed E-state index contributed by atoms with van der Waals surface area (Å²) in [6, 6.07) is 0. The molecule has 1 atom stereocenters. The van der Waals surface area contributed by atoms with Crippen LogP contribution >= 0.6 is 0 Å².